The van der Waals surface area contributed by atoms with Crippen LogP contribution in [0, 0.1) is 17.8 Å². The first-order valence-electron chi connectivity index (χ1n) is 25.4. The lowest BCUT2D eigenvalue weighted by molar-refractivity contribution is -0.146. The molecule has 0 saturated heterocycles. The molecule has 0 radical (unpaired) electrons. The number of ether oxygens (including phenoxy) is 3. The Morgan fingerprint density at radius 2 is 0.561 bits per heavy atom. The van der Waals surface area contributed by atoms with Gasteiger partial charge < -0.3 is 14.2 Å². The summed E-state index contributed by atoms with van der Waals surface area (Å²) in [6, 6.07) is 0. The average molecular weight is 807 g/mol. The molecule has 0 aliphatic carbocycles. The molecule has 6 heteroatoms. The number of esters is 3. The number of unbranched alkanes of at least 4 members (excludes halogenated alkanes) is 20. The van der Waals surface area contributed by atoms with E-state index >= 15 is 0 Å². The third-order valence-electron chi connectivity index (χ3n) is 12.1. The molecule has 0 aromatic heterocycles. The highest BCUT2D eigenvalue weighted by Crippen LogP contribution is 2.25. The molecule has 0 aromatic rings. The van der Waals surface area contributed by atoms with Gasteiger partial charge in [-0.3, -0.25) is 14.4 Å². The summed E-state index contributed by atoms with van der Waals surface area (Å²) in [5.74, 6) is 1.80. The number of carbonyl (C=O) groups is 3. The Bertz CT molecular complexity index is 818. The van der Waals surface area contributed by atoms with Gasteiger partial charge in [0.05, 0.1) is 19.8 Å². The topological polar surface area (TPSA) is 78.9 Å². The standard InChI is InChI=1S/C51H98O6/c1-6-11-15-26-39-47(34-13-8-3)44-56-50(53)42-31-23-19-17-21-28-36-46(38-30-25-33-41-49(52)55-10-5)37-29-22-18-20-24-32-43-51(54)57-45-48(35-14-9-4)40-27-16-12-7-2/h46-48H,6-45H2,1-5H3. The van der Waals surface area contributed by atoms with E-state index in [9.17, 15) is 14.4 Å². The van der Waals surface area contributed by atoms with Gasteiger partial charge in [-0.15, -0.1) is 0 Å². The molecule has 6 nitrogen and oxygen atoms in total. The SMILES string of the molecule is CCCCCCC(CCCC)COC(=O)CCCCCCCCC(CCCCCCCCC(=O)OCC(CCCC)CCCCCC)CCCCCC(=O)OCC. The Morgan fingerprint density at radius 1 is 0.298 bits per heavy atom. The van der Waals surface area contributed by atoms with Crippen molar-refractivity contribution in [2.24, 2.45) is 17.8 Å². The fourth-order valence-corrected chi connectivity index (χ4v) is 8.26. The van der Waals surface area contributed by atoms with Gasteiger partial charge in [-0.2, -0.15) is 0 Å². The van der Waals surface area contributed by atoms with Gasteiger partial charge in [0.15, 0.2) is 0 Å². The molecule has 0 N–H and O–H groups in total. The third kappa shape index (κ3) is 39.6. The second kappa shape index (κ2) is 44.0. The molecule has 57 heavy (non-hydrogen) atoms. The van der Waals surface area contributed by atoms with Crippen LogP contribution in [-0.2, 0) is 28.6 Å². The van der Waals surface area contributed by atoms with Crippen LogP contribution in [0.1, 0.15) is 272 Å². The highest BCUT2D eigenvalue weighted by atomic mass is 16.5. The molecule has 2 atom stereocenters. The summed E-state index contributed by atoms with van der Waals surface area (Å²) in [6.07, 6.45) is 42.9. The molecule has 0 saturated carbocycles. The molecule has 0 amide bonds. The molecule has 0 heterocycles. The maximum Gasteiger partial charge on any atom is 0.305 e. The van der Waals surface area contributed by atoms with E-state index in [0.717, 1.165) is 44.4 Å². The summed E-state index contributed by atoms with van der Waals surface area (Å²) in [4.78, 5) is 36.6. The van der Waals surface area contributed by atoms with Crippen molar-refractivity contribution in [1.29, 1.82) is 0 Å². The van der Waals surface area contributed by atoms with Gasteiger partial charge in [-0.05, 0) is 69.6 Å². The van der Waals surface area contributed by atoms with Gasteiger partial charge in [0, 0.05) is 19.3 Å². The minimum Gasteiger partial charge on any atom is -0.466 e. The Balaban J connectivity index is 4.31. The lowest BCUT2D eigenvalue weighted by Crippen LogP contribution is -2.14. The normalized spacial score (nSPS) is 13.0. The van der Waals surface area contributed by atoms with E-state index in [-0.39, 0.29) is 17.9 Å². The van der Waals surface area contributed by atoms with Crippen molar-refractivity contribution in [2.75, 3.05) is 19.8 Å². The maximum atomic E-state index is 12.4. The van der Waals surface area contributed by atoms with Crippen LogP contribution in [-0.4, -0.2) is 37.7 Å². The molecule has 0 aliphatic heterocycles. The molecule has 0 aliphatic rings. The zero-order chi connectivity index (χ0) is 41.9. The molecule has 0 rings (SSSR count). The number of rotatable bonds is 45. The Morgan fingerprint density at radius 3 is 0.912 bits per heavy atom. The first-order chi connectivity index (χ1) is 27.9. The van der Waals surface area contributed by atoms with Crippen LogP contribution in [0.15, 0.2) is 0 Å². The fraction of sp³-hybridized carbons (Fsp3) is 0.941. The van der Waals surface area contributed by atoms with Gasteiger partial charge >= 0.3 is 17.9 Å². The summed E-state index contributed by atoms with van der Waals surface area (Å²) in [5, 5.41) is 0. The van der Waals surface area contributed by atoms with Crippen molar-refractivity contribution in [3.05, 3.63) is 0 Å². The summed E-state index contributed by atoms with van der Waals surface area (Å²) >= 11 is 0. The maximum absolute atomic E-state index is 12.4. The molecule has 2 unspecified atom stereocenters. The lowest BCUT2D eigenvalue weighted by atomic mass is 9.89. The number of hydrogen-bond donors (Lipinski definition) is 0. The summed E-state index contributed by atoms with van der Waals surface area (Å²) in [6.45, 7) is 12.6. The molecular weight excluding hydrogens is 709 g/mol. The van der Waals surface area contributed by atoms with Crippen LogP contribution in [0.2, 0.25) is 0 Å². The van der Waals surface area contributed by atoms with Crippen LogP contribution >= 0.6 is 0 Å². The van der Waals surface area contributed by atoms with E-state index in [1.54, 1.807) is 0 Å². The van der Waals surface area contributed by atoms with E-state index in [1.165, 1.54) is 180 Å². The Hall–Kier alpha value is -1.59. The monoisotopic (exact) mass is 807 g/mol. The van der Waals surface area contributed by atoms with Crippen LogP contribution in [0.4, 0.5) is 0 Å². The van der Waals surface area contributed by atoms with Crippen molar-refractivity contribution in [3.63, 3.8) is 0 Å². The van der Waals surface area contributed by atoms with E-state index < -0.39 is 0 Å². The van der Waals surface area contributed by atoms with E-state index in [2.05, 4.69) is 27.7 Å². The predicted molar refractivity (Wildman–Crippen MR) is 243 cm³/mol. The van der Waals surface area contributed by atoms with E-state index in [4.69, 9.17) is 14.2 Å². The number of carbonyl (C=O) groups excluding carboxylic acids is 3. The minimum atomic E-state index is -0.0590. The zero-order valence-electron chi connectivity index (χ0n) is 39.0. The third-order valence-corrected chi connectivity index (χ3v) is 12.1. The molecule has 338 valence electrons. The van der Waals surface area contributed by atoms with Gasteiger partial charge in [0.25, 0.3) is 0 Å². The van der Waals surface area contributed by atoms with E-state index in [0.29, 0.717) is 50.9 Å². The largest absolute Gasteiger partial charge is 0.466 e. The second-order valence-corrected chi connectivity index (χ2v) is 17.7. The second-order valence-electron chi connectivity index (χ2n) is 17.7. The average Bonchev–Trinajstić information content (AvgIpc) is 3.20. The zero-order valence-corrected chi connectivity index (χ0v) is 39.0. The van der Waals surface area contributed by atoms with Crippen LogP contribution < -0.4 is 0 Å². The molecular formula is C51H98O6. The fourth-order valence-electron chi connectivity index (χ4n) is 8.26. The summed E-state index contributed by atoms with van der Waals surface area (Å²) in [7, 11) is 0. The van der Waals surface area contributed by atoms with Crippen molar-refractivity contribution in [2.45, 2.75) is 272 Å². The van der Waals surface area contributed by atoms with E-state index in [1.807, 2.05) is 6.92 Å². The smallest absolute Gasteiger partial charge is 0.305 e. The highest BCUT2D eigenvalue weighted by Gasteiger charge is 2.14. The minimum absolute atomic E-state index is 0.00437. The van der Waals surface area contributed by atoms with Crippen LogP contribution in [0.3, 0.4) is 0 Å². The van der Waals surface area contributed by atoms with Crippen LogP contribution in [0.5, 0.6) is 0 Å². The molecule has 0 spiro atoms. The van der Waals surface area contributed by atoms with Crippen molar-refractivity contribution in [1.82, 2.24) is 0 Å². The van der Waals surface area contributed by atoms with Crippen molar-refractivity contribution < 1.29 is 28.6 Å². The van der Waals surface area contributed by atoms with Gasteiger partial charge in [-0.1, -0.05) is 201 Å². The molecule has 0 aromatic carbocycles. The highest BCUT2D eigenvalue weighted by molar-refractivity contribution is 5.69. The van der Waals surface area contributed by atoms with Gasteiger partial charge in [0.2, 0.25) is 0 Å². The molecule has 0 bridgehead atoms. The van der Waals surface area contributed by atoms with Crippen molar-refractivity contribution in [3.8, 4) is 0 Å². The van der Waals surface area contributed by atoms with Gasteiger partial charge in [-0.25, -0.2) is 0 Å². The van der Waals surface area contributed by atoms with Gasteiger partial charge in [0.1, 0.15) is 0 Å². The summed E-state index contributed by atoms with van der Waals surface area (Å²) in [5.41, 5.74) is 0. The number of hydrogen-bond acceptors (Lipinski definition) is 6. The van der Waals surface area contributed by atoms with Crippen molar-refractivity contribution >= 4 is 17.9 Å². The van der Waals surface area contributed by atoms with Crippen LogP contribution in [0.25, 0.3) is 0 Å². The lowest BCUT2D eigenvalue weighted by Gasteiger charge is -2.17. The first-order valence-corrected chi connectivity index (χ1v) is 25.4. The predicted octanol–water partition coefficient (Wildman–Crippen LogP) is 16.0. The first kappa shape index (κ1) is 55.4. The Labute approximate surface area is 355 Å². The molecule has 0 fully saturated rings. The quantitative estimate of drug-likeness (QED) is 0.0346. The Kier molecular flexibility index (Phi) is 42.7. The summed E-state index contributed by atoms with van der Waals surface area (Å²) < 4.78 is 16.6.